The number of benzene rings is 1. The van der Waals surface area contributed by atoms with Crippen LogP contribution in [0.15, 0.2) is 54.7 Å². The zero-order valence-corrected chi connectivity index (χ0v) is 20.0. The highest BCUT2D eigenvalue weighted by atomic mass is 16.5. The van der Waals surface area contributed by atoms with E-state index in [1.165, 1.54) is 0 Å². The lowest BCUT2D eigenvalue weighted by Gasteiger charge is -2.34. The van der Waals surface area contributed by atoms with Crippen LogP contribution in [-0.4, -0.2) is 73.5 Å². The highest BCUT2D eigenvalue weighted by Gasteiger charge is 2.21. The molecule has 1 saturated heterocycles. The van der Waals surface area contributed by atoms with E-state index < -0.39 is 0 Å². The summed E-state index contributed by atoms with van der Waals surface area (Å²) in [6.07, 6.45) is 5.02. The van der Waals surface area contributed by atoms with E-state index in [-0.39, 0.29) is 5.91 Å². The topological polar surface area (TPSA) is 102 Å². The van der Waals surface area contributed by atoms with Gasteiger partial charge in [-0.15, -0.1) is 10.2 Å². The standard InChI is InChI=1S/C25H28N6O4/c1-33-19-16-18(17-20(34-2)25(19)35-3)7-10-24(32)31-14-12-30(13-15-31)23-9-8-22(28-29-23)27-21-6-4-5-11-26-21/h4-11,16-17H,12-15H2,1-3H3,(H,26,27,28)/b10-7+. The van der Waals surface area contributed by atoms with Crippen LogP contribution in [0.25, 0.3) is 6.08 Å². The second-order valence-electron chi connectivity index (χ2n) is 7.72. The molecule has 1 aliphatic rings. The van der Waals surface area contributed by atoms with Gasteiger partial charge in [-0.05, 0) is 48.0 Å². The van der Waals surface area contributed by atoms with Crippen LogP contribution >= 0.6 is 0 Å². The lowest BCUT2D eigenvalue weighted by Crippen LogP contribution is -2.48. The van der Waals surface area contributed by atoms with E-state index in [2.05, 4.69) is 25.4 Å². The number of nitrogens with one attached hydrogen (secondary N) is 1. The van der Waals surface area contributed by atoms with Crippen molar-refractivity contribution in [2.75, 3.05) is 57.7 Å². The molecule has 0 bridgehead atoms. The molecule has 1 amide bonds. The first-order chi connectivity index (χ1) is 17.1. The summed E-state index contributed by atoms with van der Waals surface area (Å²) >= 11 is 0. The molecular weight excluding hydrogens is 448 g/mol. The fourth-order valence-corrected chi connectivity index (χ4v) is 3.75. The number of pyridine rings is 1. The van der Waals surface area contributed by atoms with Crippen LogP contribution in [-0.2, 0) is 4.79 Å². The van der Waals surface area contributed by atoms with E-state index in [1.54, 1.807) is 51.8 Å². The van der Waals surface area contributed by atoms with Gasteiger partial charge < -0.3 is 29.3 Å². The Labute approximate surface area is 204 Å². The molecule has 0 aliphatic carbocycles. The van der Waals surface area contributed by atoms with Gasteiger partial charge in [0.05, 0.1) is 21.3 Å². The maximum atomic E-state index is 12.8. The summed E-state index contributed by atoms with van der Waals surface area (Å²) in [6, 6.07) is 13.0. The van der Waals surface area contributed by atoms with Crippen LogP contribution in [0, 0.1) is 0 Å². The summed E-state index contributed by atoms with van der Waals surface area (Å²) in [7, 11) is 4.67. The highest BCUT2D eigenvalue weighted by Crippen LogP contribution is 2.38. The number of carbonyl (C=O) groups is 1. The predicted molar refractivity (Wildman–Crippen MR) is 133 cm³/mol. The van der Waals surface area contributed by atoms with Crippen LogP contribution in [0.4, 0.5) is 17.5 Å². The van der Waals surface area contributed by atoms with Crippen molar-refractivity contribution in [3.05, 3.63) is 60.3 Å². The van der Waals surface area contributed by atoms with E-state index in [1.807, 2.05) is 35.2 Å². The number of hydrogen-bond acceptors (Lipinski definition) is 9. The predicted octanol–water partition coefficient (Wildman–Crippen LogP) is 3.00. The van der Waals surface area contributed by atoms with Crippen molar-refractivity contribution in [2.24, 2.45) is 0 Å². The summed E-state index contributed by atoms with van der Waals surface area (Å²) in [6.45, 7) is 2.53. The van der Waals surface area contributed by atoms with Crippen LogP contribution in [0.3, 0.4) is 0 Å². The summed E-state index contributed by atoms with van der Waals surface area (Å²) in [5.74, 6) is 3.64. The number of methoxy groups -OCH3 is 3. The van der Waals surface area contributed by atoms with Gasteiger partial charge in [0.2, 0.25) is 11.7 Å². The first-order valence-corrected chi connectivity index (χ1v) is 11.1. The van der Waals surface area contributed by atoms with Crippen LogP contribution in [0.1, 0.15) is 5.56 Å². The molecule has 35 heavy (non-hydrogen) atoms. The third kappa shape index (κ3) is 5.78. The second-order valence-corrected chi connectivity index (χ2v) is 7.72. The van der Waals surface area contributed by atoms with Crippen molar-refractivity contribution >= 4 is 29.4 Å². The van der Waals surface area contributed by atoms with Gasteiger partial charge >= 0.3 is 0 Å². The Balaban J connectivity index is 1.33. The first-order valence-electron chi connectivity index (χ1n) is 11.1. The molecular formula is C25H28N6O4. The maximum absolute atomic E-state index is 12.8. The molecule has 10 heteroatoms. The van der Waals surface area contributed by atoms with Gasteiger partial charge in [-0.1, -0.05) is 6.07 Å². The zero-order valence-electron chi connectivity index (χ0n) is 20.0. The molecule has 2 aromatic heterocycles. The maximum Gasteiger partial charge on any atom is 0.246 e. The normalized spacial score (nSPS) is 13.6. The molecule has 1 fully saturated rings. The molecule has 1 N–H and O–H groups in total. The zero-order chi connectivity index (χ0) is 24.6. The molecule has 3 aromatic rings. The van der Waals surface area contributed by atoms with E-state index in [0.29, 0.717) is 55.1 Å². The molecule has 3 heterocycles. The Morgan fingerprint density at radius 1 is 0.914 bits per heavy atom. The Hall–Kier alpha value is -4.34. The van der Waals surface area contributed by atoms with E-state index >= 15 is 0 Å². The van der Waals surface area contributed by atoms with Gasteiger partial charge in [0.15, 0.2) is 23.1 Å². The molecule has 0 spiro atoms. The molecule has 0 saturated carbocycles. The van der Waals surface area contributed by atoms with Gasteiger partial charge in [0, 0.05) is 38.5 Å². The van der Waals surface area contributed by atoms with Gasteiger partial charge in [-0.3, -0.25) is 4.79 Å². The number of amides is 1. The number of anilines is 3. The molecule has 182 valence electrons. The third-order valence-corrected chi connectivity index (χ3v) is 5.59. The average Bonchev–Trinajstić information content (AvgIpc) is 2.92. The number of ether oxygens (including phenoxy) is 3. The van der Waals surface area contributed by atoms with Crippen LogP contribution < -0.4 is 24.4 Å². The Morgan fingerprint density at radius 3 is 2.23 bits per heavy atom. The lowest BCUT2D eigenvalue weighted by atomic mass is 10.1. The molecule has 0 atom stereocenters. The molecule has 0 unspecified atom stereocenters. The summed E-state index contributed by atoms with van der Waals surface area (Å²) in [4.78, 5) is 20.9. The quantitative estimate of drug-likeness (QED) is 0.492. The smallest absolute Gasteiger partial charge is 0.246 e. The van der Waals surface area contributed by atoms with Crippen molar-refractivity contribution in [3.63, 3.8) is 0 Å². The van der Waals surface area contributed by atoms with Crippen molar-refractivity contribution in [3.8, 4) is 17.2 Å². The monoisotopic (exact) mass is 476 g/mol. The summed E-state index contributed by atoms with van der Waals surface area (Å²) in [5.41, 5.74) is 0.779. The number of aromatic nitrogens is 3. The Morgan fingerprint density at radius 2 is 1.66 bits per heavy atom. The fraction of sp³-hybridized carbons (Fsp3) is 0.280. The molecule has 10 nitrogen and oxygen atoms in total. The minimum atomic E-state index is -0.0561. The number of nitrogens with zero attached hydrogens (tertiary/aromatic N) is 5. The second kappa shape index (κ2) is 11.2. The van der Waals surface area contributed by atoms with Crippen molar-refractivity contribution < 1.29 is 19.0 Å². The third-order valence-electron chi connectivity index (χ3n) is 5.59. The van der Waals surface area contributed by atoms with E-state index in [9.17, 15) is 4.79 Å². The Kier molecular flexibility index (Phi) is 7.61. The number of piperazine rings is 1. The van der Waals surface area contributed by atoms with Gasteiger partial charge in [-0.25, -0.2) is 4.98 Å². The minimum Gasteiger partial charge on any atom is -0.493 e. The summed E-state index contributed by atoms with van der Waals surface area (Å²) < 4.78 is 16.1. The van der Waals surface area contributed by atoms with Gasteiger partial charge in [0.25, 0.3) is 0 Å². The van der Waals surface area contributed by atoms with Crippen molar-refractivity contribution in [1.29, 1.82) is 0 Å². The van der Waals surface area contributed by atoms with Gasteiger partial charge in [-0.2, -0.15) is 0 Å². The van der Waals surface area contributed by atoms with E-state index in [4.69, 9.17) is 14.2 Å². The highest BCUT2D eigenvalue weighted by molar-refractivity contribution is 5.92. The first kappa shape index (κ1) is 23.8. The molecule has 1 aromatic carbocycles. The van der Waals surface area contributed by atoms with Gasteiger partial charge in [0.1, 0.15) is 5.82 Å². The van der Waals surface area contributed by atoms with Crippen LogP contribution in [0.2, 0.25) is 0 Å². The van der Waals surface area contributed by atoms with Crippen LogP contribution in [0.5, 0.6) is 17.2 Å². The molecule has 1 aliphatic heterocycles. The van der Waals surface area contributed by atoms with Crippen molar-refractivity contribution in [1.82, 2.24) is 20.1 Å². The number of carbonyl (C=O) groups excluding carboxylic acids is 1. The minimum absolute atomic E-state index is 0.0561. The lowest BCUT2D eigenvalue weighted by molar-refractivity contribution is -0.126. The van der Waals surface area contributed by atoms with Crippen molar-refractivity contribution in [2.45, 2.75) is 0 Å². The van der Waals surface area contributed by atoms with E-state index in [0.717, 1.165) is 11.4 Å². The summed E-state index contributed by atoms with van der Waals surface area (Å²) in [5, 5.41) is 11.7. The fourth-order valence-electron chi connectivity index (χ4n) is 3.75. The number of hydrogen-bond donors (Lipinski definition) is 1. The number of rotatable bonds is 8. The molecule has 0 radical (unpaired) electrons. The Bertz CT molecular complexity index is 1140. The average molecular weight is 477 g/mol. The SMILES string of the molecule is COc1cc(/C=C/C(=O)N2CCN(c3ccc(Nc4ccccn4)nn3)CC2)cc(OC)c1OC. The largest absolute Gasteiger partial charge is 0.493 e. The molecule has 4 rings (SSSR count).